The molecule has 0 saturated carbocycles. The summed E-state index contributed by atoms with van der Waals surface area (Å²) in [5.74, 6) is -0.748. The molecule has 0 aliphatic carbocycles. The van der Waals surface area contributed by atoms with Gasteiger partial charge in [-0.2, -0.15) is 0 Å². The molecule has 1 aliphatic heterocycles. The molecule has 0 aromatic heterocycles. The Morgan fingerprint density at radius 3 is 1.82 bits per heavy atom. The maximum Gasteiger partial charge on any atom is 0.247 e. The van der Waals surface area contributed by atoms with Gasteiger partial charge in [0.1, 0.15) is 11.7 Å². The minimum atomic E-state index is -0.916. The molecule has 1 atom stereocenters. The van der Waals surface area contributed by atoms with Gasteiger partial charge in [0.25, 0.3) is 0 Å². The van der Waals surface area contributed by atoms with Crippen molar-refractivity contribution < 1.29 is 19.1 Å². The number of rotatable bonds is 9. The number of nitrogens with zero attached hydrogens (tertiary/aromatic N) is 1. The second kappa shape index (κ2) is 10.3. The molecule has 1 aliphatic rings. The van der Waals surface area contributed by atoms with Crippen LogP contribution in [0.3, 0.4) is 0 Å². The third-order valence-electron chi connectivity index (χ3n) is 5.86. The highest BCUT2D eigenvalue weighted by atomic mass is 16.7. The van der Waals surface area contributed by atoms with Crippen LogP contribution < -0.4 is 0 Å². The molecule has 6 heteroatoms. The van der Waals surface area contributed by atoms with Gasteiger partial charge in [-0.15, -0.1) is 0 Å². The fraction of sp³-hybridized carbons (Fsp3) is 0.286. The second-order valence-corrected chi connectivity index (χ2v) is 8.66. The first kappa shape index (κ1) is 23.8. The Bertz CT molecular complexity index is 1020. The van der Waals surface area contributed by atoms with Crippen molar-refractivity contribution >= 4 is 0 Å². The van der Waals surface area contributed by atoms with Gasteiger partial charge in [0.2, 0.25) is 5.70 Å². The molecule has 4 rings (SSSR count). The zero-order valence-corrected chi connectivity index (χ0v) is 19.4. The lowest BCUT2D eigenvalue weighted by Crippen LogP contribution is -2.33. The summed E-state index contributed by atoms with van der Waals surface area (Å²) in [5, 5.41) is 11.8. The molecule has 3 aromatic carbocycles. The van der Waals surface area contributed by atoms with Crippen LogP contribution >= 0.6 is 0 Å². The van der Waals surface area contributed by atoms with Crippen LogP contribution in [0.1, 0.15) is 37.0 Å². The summed E-state index contributed by atoms with van der Waals surface area (Å²) in [5.41, 5.74) is 1.99. The van der Waals surface area contributed by atoms with Crippen LogP contribution in [0.4, 0.5) is 0 Å². The molecule has 34 heavy (non-hydrogen) atoms. The molecule has 0 unspecified atom stereocenters. The summed E-state index contributed by atoms with van der Waals surface area (Å²) in [6.07, 6.45) is 1.20. The van der Waals surface area contributed by atoms with Crippen LogP contribution in [0.2, 0.25) is 0 Å². The molecule has 1 heterocycles. The highest BCUT2D eigenvalue weighted by molar-refractivity contribution is 5.47. The zero-order valence-electron chi connectivity index (χ0n) is 19.4. The van der Waals surface area contributed by atoms with E-state index >= 15 is 0 Å². The summed E-state index contributed by atoms with van der Waals surface area (Å²) in [6.45, 7) is 4.02. The van der Waals surface area contributed by atoms with Crippen molar-refractivity contribution in [2.24, 2.45) is 0 Å². The third kappa shape index (κ3) is 5.25. The minimum Gasteiger partial charge on any atom is -0.360 e. The van der Waals surface area contributed by atoms with Crippen molar-refractivity contribution in [3.8, 4) is 0 Å². The predicted octanol–water partition coefficient (Wildman–Crippen LogP) is 5.70. The molecular formula is C28H29NO5. The average Bonchev–Trinajstić information content (AvgIpc) is 3.21. The minimum absolute atomic E-state index is 0.0504. The molecule has 0 bridgehead atoms. The van der Waals surface area contributed by atoms with Gasteiger partial charge in [0.15, 0.2) is 5.79 Å². The first-order chi connectivity index (χ1) is 16.4. The van der Waals surface area contributed by atoms with E-state index in [0.717, 1.165) is 16.7 Å². The van der Waals surface area contributed by atoms with E-state index in [4.69, 9.17) is 14.2 Å². The average molecular weight is 460 g/mol. The molecule has 176 valence electrons. The third-order valence-corrected chi connectivity index (χ3v) is 5.86. The first-order valence-corrected chi connectivity index (χ1v) is 11.4. The SMILES string of the molecule is CC1(C)OC[C@H](/C=C(\CCOC(c2ccccc2)(c2ccccc2)c2ccccc2)[N+](=O)[O-])O1. The Kier molecular flexibility index (Phi) is 7.22. The van der Waals surface area contributed by atoms with Gasteiger partial charge in [-0.3, -0.25) is 10.1 Å². The smallest absolute Gasteiger partial charge is 0.247 e. The largest absolute Gasteiger partial charge is 0.360 e. The van der Waals surface area contributed by atoms with Crippen molar-refractivity contribution in [3.63, 3.8) is 0 Å². The molecule has 1 saturated heterocycles. The molecule has 0 spiro atoms. The topological polar surface area (TPSA) is 70.8 Å². The van der Waals surface area contributed by atoms with Crippen molar-refractivity contribution in [2.45, 2.75) is 37.8 Å². The Labute approximate surface area is 199 Å². The maximum absolute atomic E-state index is 11.8. The summed E-state index contributed by atoms with van der Waals surface area (Å²) in [6, 6.07) is 29.9. The lowest BCUT2D eigenvalue weighted by atomic mass is 9.80. The van der Waals surface area contributed by atoms with Crippen LogP contribution in [0.25, 0.3) is 0 Å². The standard InChI is InChI=1S/C28H29NO5/c1-27(2)33-21-26(34-27)20-25(29(30)31)18-19-32-28(22-12-6-3-7-13-22,23-14-8-4-9-15-23)24-16-10-5-11-17-24/h3-17,20,26H,18-19,21H2,1-2H3/b25-20+/t26-/m0/s1. The number of benzene rings is 3. The van der Waals surface area contributed by atoms with Gasteiger partial charge < -0.3 is 14.2 Å². The van der Waals surface area contributed by atoms with Gasteiger partial charge in [-0.1, -0.05) is 91.0 Å². The Morgan fingerprint density at radius 2 is 1.44 bits per heavy atom. The van der Waals surface area contributed by atoms with Crippen LogP contribution in [-0.4, -0.2) is 30.0 Å². The number of hydrogen-bond donors (Lipinski definition) is 0. The normalized spacial score (nSPS) is 18.1. The molecule has 1 fully saturated rings. The van der Waals surface area contributed by atoms with Gasteiger partial charge in [-0.05, 0) is 30.5 Å². The quantitative estimate of drug-likeness (QED) is 0.233. The van der Waals surface area contributed by atoms with Crippen molar-refractivity contribution in [1.82, 2.24) is 0 Å². The summed E-state index contributed by atoms with van der Waals surface area (Å²) >= 11 is 0. The highest BCUT2D eigenvalue weighted by Gasteiger charge is 2.38. The zero-order chi connectivity index (χ0) is 24.0. The van der Waals surface area contributed by atoms with Crippen LogP contribution in [0.15, 0.2) is 103 Å². The summed E-state index contributed by atoms with van der Waals surface area (Å²) in [7, 11) is 0. The Balaban J connectivity index is 1.67. The second-order valence-electron chi connectivity index (χ2n) is 8.66. The van der Waals surface area contributed by atoms with E-state index in [1.165, 1.54) is 6.08 Å². The van der Waals surface area contributed by atoms with E-state index in [1.54, 1.807) is 13.8 Å². The van der Waals surface area contributed by atoms with Gasteiger partial charge in [0, 0.05) is 6.08 Å². The maximum atomic E-state index is 11.8. The number of nitro groups is 1. The van der Waals surface area contributed by atoms with E-state index in [9.17, 15) is 10.1 Å². The Hall–Kier alpha value is -3.32. The molecule has 0 N–H and O–H groups in total. The molecular weight excluding hydrogens is 430 g/mol. The van der Waals surface area contributed by atoms with Gasteiger partial charge in [0.05, 0.1) is 24.6 Å². The fourth-order valence-corrected chi connectivity index (χ4v) is 4.32. The monoisotopic (exact) mass is 459 g/mol. The lowest BCUT2D eigenvalue weighted by molar-refractivity contribution is -0.429. The van der Waals surface area contributed by atoms with E-state index in [1.807, 2.05) is 91.0 Å². The van der Waals surface area contributed by atoms with Crippen molar-refractivity contribution in [1.29, 1.82) is 0 Å². The van der Waals surface area contributed by atoms with Crippen LogP contribution in [-0.2, 0) is 19.8 Å². The summed E-state index contributed by atoms with van der Waals surface area (Å²) in [4.78, 5) is 11.4. The molecule has 0 radical (unpaired) electrons. The highest BCUT2D eigenvalue weighted by Crippen LogP contribution is 2.40. The van der Waals surface area contributed by atoms with Crippen molar-refractivity contribution in [2.75, 3.05) is 13.2 Å². The molecule has 0 amide bonds. The van der Waals surface area contributed by atoms with Crippen LogP contribution in [0.5, 0.6) is 0 Å². The van der Waals surface area contributed by atoms with E-state index in [-0.39, 0.29) is 30.3 Å². The lowest BCUT2D eigenvalue weighted by Gasteiger charge is -2.36. The van der Waals surface area contributed by atoms with Gasteiger partial charge in [-0.25, -0.2) is 0 Å². The van der Waals surface area contributed by atoms with Crippen molar-refractivity contribution in [3.05, 3.63) is 130 Å². The van der Waals surface area contributed by atoms with E-state index < -0.39 is 17.5 Å². The summed E-state index contributed by atoms with van der Waals surface area (Å²) < 4.78 is 17.9. The van der Waals surface area contributed by atoms with E-state index in [0.29, 0.717) is 0 Å². The van der Waals surface area contributed by atoms with E-state index in [2.05, 4.69) is 0 Å². The fourth-order valence-electron chi connectivity index (χ4n) is 4.32. The molecule has 3 aromatic rings. The van der Waals surface area contributed by atoms with Gasteiger partial charge >= 0.3 is 0 Å². The number of ether oxygens (including phenoxy) is 3. The number of hydrogen-bond acceptors (Lipinski definition) is 5. The van der Waals surface area contributed by atoms with Crippen LogP contribution in [0, 0.1) is 10.1 Å². The first-order valence-electron chi connectivity index (χ1n) is 11.4. The molecule has 6 nitrogen and oxygen atoms in total. The predicted molar refractivity (Wildman–Crippen MR) is 130 cm³/mol. The Morgan fingerprint density at radius 1 is 0.971 bits per heavy atom.